The van der Waals surface area contributed by atoms with Crippen molar-refractivity contribution in [3.05, 3.63) is 53.3 Å². The Labute approximate surface area is 102 Å². The Morgan fingerprint density at radius 1 is 1.12 bits per heavy atom. The number of para-hydroxylation sites is 1. The number of benzene rings is 1. The van der Waals surface area contributed by atoms with Crippen molar-refractivity contribution in [2.75, 3.05) is 11.1 Å². The summed E-state index contributed by atoms with van der Waals surface area (Å²) in [6.45, 7) is 4.76. The minimum Gasteiger partial charge on any atom is -0.397 e. The highest BCUT2D eigenvalue weighted by Crippen LogP contribution is 2.22. The number of nitrogens with zero attached hydrogens (tertiary/aromatic N) is 1. The summed E-state index contributed by atoms with van der Waals surface area (Å²) in [4.78, 5) is 4.34. The van der Waals surface area contributed by atoms with Gasteiger partial charge in [-0.1, -0.05) is 18.2 Å². The maximum Gasteiger partial charge on any atom is 0.0623 e. The van der Waals surface area contributed by atoms with Gasteiger partial charge in [0.2, 0.25) is 0 Å². The summed E-state index contributed by atoms with van der Waals surface area (Å²) >= 11 is 0. The van der Waals surface area contributed by atoms with Crippen molar-refractivity contribution < 1.29 is 0 Å². The largest absolute Gasteiger partial charge is 0.397 e. The monoisotopic (exact) mass is 227 g/mol. The van der Waals surface area contributed by atoms with Crippen molar-refractivity contribution in [1.82, 2.24) is 4.98 Å². The first-order chi connectivity index (χ1) is 8.18. The van der Waals surface area contributed by atoms with E-state index in [0.717, 1.165) is 22.6 Å². The van der Waals surface area contributed by atoms with Crippen molar-refractivity contribution in [3.63, 3.8) is 0 Å². The van der Waals surface area contributed by atoms with E-state index < -0.39 is 0 Å². The van der Waals surface area contributed by atoms with Gasteiger partial charge in [-0.25, -0.2) is 0 Å². The molecule has 0 aliphatic heterocycles. The number of nitrogens with one attached hydrogen (secondary N) is 1. The molecule has 88 valence electrons. The topological polar surface area (TPSA) is 50.9 Å². The van der Waals surface area contributed by atoms with Crippen molar-refractivity contribution in [3.8, 4) is 0 Å². The van der Waals surface area contributed by atoms with Gasteiger partial charge in [0.1, 0.15) is 0 Å². The van der Waals surface area contributed by atoms with E-state index in [2.05, 4.69) is 23.3 Å². The molecule has 17 heavy (non-hydrogen) atoms. The van der Waals surface area contributed by atoms with Crippen LogP contribution in [-0.4, -0.2) is 4.98 Å². The van der Waals surface area contributed by atoms with Crippen LogP contribution in [0, 0.1) is 13.8 Å². The normalized spacial score (nSPS) is 10.2. The Morgan fingerprint density at radius 2 is 1.88 bits per heavy atom. The summed E-state index contributed by atoms with van der Waals surface area (Å²) < 4.78 is 0. The van der Waals surface area contributed by atoms with Crippen LogP contribution in [0.3, 0.4) is 0 Å². The molecule has 2 aromatic rings. The fraction of sp³-hybridized carbons (Fsp3) is 0.214. The summed E-state index contributed by atoms with van der Waals surface area (Å²) in [5.74, 6) is 0. The van der Waals surface area contributed by atoms with Gasteiger partial charge in [0.15, 0.2) is 0 Å². The first kappa shape index (κ1) is 11.5. The summed E-state index contributed by atoms with van der Waals surface area (Å²) in [6, 6.07) is 10.00. The van der Waals surface area contributed by atoms with E-state index >= 15 is 0 Å². The van der Waals surface area contributed by atoms with Crippen LogP contribution in [0.4, 0.5) is 11.4 Å². The predicted molar refractivity (Wildman–Crippen MR) is 71.9 cm³/mol. The molecule has 1 aromatic carbocycles. The van der Waals surface area contributed by atoms with Gasteiger partial charge in [0.05, 0.1) is 23.6 Å². The fourth-order valence-electron chi connectivity index (χ4n) is 1.72. The Morgan fingerprint density at radius 3 is 2.65 bits per heavy atom. The summed E-state index contributed by atoms with van der Waals surface area (Å²) in [5, 5.41) is 3.32. The summed E-state index contributed by atoms with van der Waals surface area (Å²) in [6.07, 6.45) is 1.81. The standard InChI is InChI=1S/C14H17N3/c1-10-6-4-8-16-13(10)9-17-12-7-3-5-11(2)14(12)15/h3-8,17H,9,15H2,1-2H3. The lowest BCUT2D eigenvalue weighted by molar-refractivity contribution is 1.02. The van der Waals surface area contributed by atoms with Gasteiger partial charge in [-0.05, 0) is 37.1 Å². The second-order valence-electron chi connectivity index (χ2n) is 4.16. The van der Waals surface area contributed by atoms with Gasteiger partial charge in [0, 0.05) is 6.20 Å². The average molecular weight is 227 g/mol. The van der Waals surface area contributed by atoms with Crippen molar-refractivity contribution >= 4 is 11.4 Å². The molecule has 0 aliphatic carbocycles. The second kappa shape index (κ2) is 4.87. The molecule has 2 rings (SSSR count). The fourth-order valence-corrected chi connectivity index (χ4v) is 1.72. The van der Waals surface area contributed by atoms with Crippen LogP contribution in [0.15, 0.2) is 36.5 Å². The number of nitrogens with two attached hydrogens (primary N) is 1. The molecule has 1 aromatic heterocycles. The molecule has 0 unspecified atom stereocenters. The highest BCUT2D eigenvalue weighted by molar-refractivity contribution is 5.69. The SMILES string of the molecule is Cc1cccnc1CNc1cccc(C)c1N. The van der Waals surface area contributed by atoms with Crippen molar-refractivity contribution in [1.29, 1.82) is 0 Å². The molecule has 3 nitrogen and oxygen atoms in total. The van der Waals surface area contributed by atoms with E-state index in [1.54, 1.807) is 0 Å². The maximum absolute atomic E-state index is 6.00. The van der Waals surface area contributed by atoms with Crippen LogP contribution in [0.2, 0.25) is 0 Å². The average Bonchev–Trinajstić information content (AvgIpc) is 2.33. The third-order valence-corrected chi connectivity index (χ3v) is 2.89. The third kappa shape index (κ3) is 2.56. The van der Waals surface area contributed by atoms with Crippen LogP contribution in [0.1, 0.15) is 16.8 Å². The number of hydrogen-bond acceptors (Lipinski definition) is 3. The molecule has 0 atom stereocenters. The Hall–Kier alpha value is -2.03. The second-order valence-corrected chi connectivity index (χ2v) is 4.16. The lowest BCUT2D eigenvalue weighted by Crippen LogP contribution is -2.06. The molecular formula is C14H17N3. The summed E-state index contributed by atoms with van der Waals surface area (Å²) in [7, 11) is 0. The molecule has 3 heteroatoms. The van der Waals surface area contributed by atoms with E-state index in [4.69, 9.17) is 5.73 Å². The smallest absolute Gasteiger partial charge is 0.0623 e. The van der Waals surface area contributed by atoms with E-state index in [1.165, 1.54) is 5.56 Å². The van der Waals surface area contributed by atoms with Crippen LogP contribution >= 0.6 is 0 Å². The minimum absolute atomic E-state index is 0.695. The van der Waals surface area contributed by atoms with Crippen LogP contribution in [0.5, 0.6) is 0 Å². The van der Waals surface area contributed by atoms with Gasteiger partial charge >= 0.3 is 0 Å². The zero-order chi connectivity index (χ0) is 12.3. The lowest BCUT2D eigenvalue weighted by Gasteiger charge is -2.11. The highest BCUT2D eigenvalue weighted by atomic mass is 14.9. The number of rotatable bonds is 3. The molecule has 0 aliphatic rings. The number of nitrogen functional groups attached to an aromatic ring is 1. The number of aromatic nitrogens is 1. The van der Waals surface area contributed by atoms with Crippen molar-refractivity contribution in [2.24, 2.45) is 0 Å². The van der Waals surface area contributed by atoms with Crippen LogP contribution in [0.25, 0.3) is 0 Å². The molecule has 3 N–H and O–H groups in total. The van der Waals surface area contributed by atoms with E-state index in [1.807, 2.05) is 37.4 Å². The Balaban J connectivity index is 2.13. The quantitative estimate of drug-likeness (QED) is 0.793. The zero-order valence-electron chi connectivity index (χ0n) is 10.2. The van der Waals surface area contributed by atoms with E-state index in [9.17, 15) is 0 Å². The zero-order valence-corrected chi connectivity index (χ0v) is 10.2. The molecule has 1 heterocycles. The number of aryl methyl sites for hydroxylation is 2. The van der Waals surface area contributed by atoms with Gasteiger partial charge in [-0.2, -0.15) is 0 Å². The number of hydrogen-bond donors (Lipinski definition) is 2. The molecule has 0 spiro atoms. The Kier molecular flexibility index (Phi) is 3.28. The third-order valence-electron chi connectivity index (χ3n) is 2.89. The van der Waals surface area contributed by atoms with Gasteiger partial charge in [-0.15, -0.1) is 0 Å². The molecular weight excluding hydrogens is 210 g/mol. The first-order valence-corrected chi connectivity index (χ1v) is 5.68. The lowest BCUT2D eigenvalue weighted by atomic mass is 10.1. The minimum atomic E-state index is 0.695. The predicted octanol–water partition coefficient (Wildman–Crippen LogP) is 2.89. The van der Waals surface area contributed by atoms with Crippen LogP contribution < -0.4 is 11.1 Å². The van der Waals surface area contributed by atoms with Crippen molar-refractivity contribution in [2.45, 2.75) is 20.4 Å². The van der Waals surface area contributed by atoms with E-state index in [0.29, 0.717) is 6.54 Å². The van der Waals surface area contributed by atoms with Gasteiger partial charge < -0.3 is 11.1 Å². The molecule has 0 saturated carbocycles. The van der Waals surface area contributed by atoms with Gasteiger partial charge in [-0.3, -0.25) is 4.98 Å². The number of pyridine rings is 1. The molecule has 0 saturated heterocycles. The molecule has 0 radical (unpaired) electrons. The van der Waals surface area contributed by atoms with E-state index in [-0.39, 0.29) is 0 Å². The maximum atomic E-state index is 6.00. The molecule has 0 amide bonds. The Bertz CT molecular complexity index is 521. The van der Waals surface area contributed by atoms with Gasteiger partial charge in [0.25, 0.3) is 0 Å². The summed E-state index contributed by atoms with van der Waals surface area (Å²) in [5.41, 5.74) is 11.1. The first-order valence-electron chi connectivity index (χ1n) is 5.68. The van der Waals surface area contributed by atoms with Crippen LogP contribution in [-0.2, 0) is 6.54 Å². The molecule has 0 bridgehead atoms. The number of anilines is 2. The highest BCUT2D eigenvalue weighted by Gasteiger charge is 2.02. The molecule has 0 fully saturated rings.